The number of likely N-dealkylation sites (N-methyl/N-ethyl adjacent to an activating group) is 1. The normalized spacial score (nSPS) is 18.0. The van der Waals surface area contributed by atoms with E-state index in [0.29, 0.717) is 35.4 Å². The summed E-state index contributed by atoms with van der Waals surface area (Å²) < 4.78 is 5.45. The van der Waals surface area contributed by atoms with E-state index in [0.717, 1.165) is 10.7 Å². The Hall–Kier alpha value is -1.72. The maximum absolute atomic E-state index is 12.4. The second-order valence-electron chi connectivity index (χ2n) is 4.71. The molecule has 1 saturated heterocycles. The van der Waals surface area contributed by atoms with Crippen molar-refractivity contribution in [2.24, 2.45) is 4.99 Å². The molecule has 2 rings (SSSR count). The fourth-order valence-electron chi connectivity index (χ4n) is 2.06. The highest BCUT2D eigenvalue weighted by Gasteiger charge is 2.31. The van der Waals surface area contributed by atoms with Gasteiger partial charge in [-0.2, -0.15) is 0 Å². The second-order valence-corrected chi connectivity index (χ2v) is 6.12. The van der Waals surface area contributed by atoms with Gasteiger partial charge in [0.2, 0.25) is 0 Å². The van der Waals surface area contributed by atoms with Crippen LogP contribution >= 0.6 is 23.4 Å². The molecule has 1 aliphatic rings. The summed E-state index contributed by atoms with van der Waals surface area (Å²) in [6, 6.07) is 5.45. The maximum atomic E-state index is 12.4. The van der Waals surface area contributed by atoms with Crippen molar-refractivity contribution in [3.8, 4) is 5.75 Å². The third-order valence-electron chi connectivity index (χ3n) is 3.11. The minimum absolute atomic E-state index is 0.0205. The summed E-state index contributed by atoms with van der Waals surface area (Å²) in [5, 5.41) is 1.26. The average molecular weight is 351 g/mol. The van der Waals surface area contributed by atoms with Crippen molar-refractivity contribution in [3.63, 3.8) is 0 Å². The van der Waals surface area contributed by atoms with Gasteiger partial charge in [0, 0.05) is 13.1 Å². The molecule has 0 aliphatic carbocycles. The summed E-state index contributed by atoms with van der Waals surface area (Å²) in [6.45, 7) is 9.16. The number of thioether (sulfide) groups is 1. The SMILES string of the molecule is C=CCOc1ccc(/C=C2\SC(=NCC)N(CC)C2=O)cc1Cl. The fourth-order valence-corrected chi connectivity index (χ4v) is 3.41. The summed E-state index contributed by atoms with van der Waals surface area (Å²) in [6.07, 6.45) is 3.49. The predicted molar refractivity (Wildman–Crippen MR) is 98.1 cm³/mol. The van der Waals surface area contributed by atoms with Crippen molar-refractivity contribution in [1.82, 2.24) is 4.90 Å². The maximum Gasteiger partial charge on any atom is 0.266 e. The average Bonchev–Trinajstić information content (AvgIpc) is 2.82. The van der Waals surface area contributed by atoms with E-state index in [1.807, 2.05) is 26.0 Å². The van der Waals surface area contributed by atoms with Crippen molar-refractivity contribution < 1.29 is 9.53 Å². The molecule has 0 saturated carbocycles. The number of ether oxygens (including phenoxy) is 1. The van der Waals surface area contributed by atoms with E-state index in [-0.39, 0.29) is 5.91 Å². The number of carbonyl (C=O) groups is 1. The zero-order valence-corrected chi connectivity index (χ0v) is 14.8. The van der Waals surface area contributed by atoms with Crippen LogP contribution in [0.3, 0.4) is 0 Å². The molecule has 1 amide bonds. The lowest BCUT2D eigenvalue weighted by Crippen LogP contribution is -2.28. The molecule has 122 valence electrons. The summed E-state index contributed by atoms with van der Waals surface area (Å²) in [4.78, 5) is 19.1. The first kappa shape index (κ1) is 17.6. The number of halogens is 1. The van der Waals surface area contributed by atoms with Gasteiger partial charge in [0.1, 0.15) is 12.4 Å². The quantitative estimate of drug-likeness (QED) is 0.570. The molecule has 0 bridgehead atoms. The first-order chi connectivity index (χ1) is 11.1. The third kappa shape index (κ3) is 4.18. The molecule has 6 heteroatoms. The van der Waals surface area contributed by atoms with Crippen LogP contribution in [0.1, 0.15) is 19.4 Å². The van der Waals surface area contributed by atoms with E-state index in [2.05, 4.69) is 11.6 Å². The third-order valence-corrected chi connectivity index (χ3v) is 4.45. The molecule has 4 nitrogen and oxygen atoms in total. The Morgan fingerprint density at radius 2 is 2.22 bits per heavy atom. The van der Waals surface area contributed by atoms with Gasteiger partial charge in [0.15, 0.2) is 5.17 Å². The largest absolute Gasteiger partial charge is 0.488 e. The molecule has 1 aromatic carbocycles. The van der Waals surface area contributed by atoms with Crippen molar-refractivity contribution >= 4 is 40.5 Å². The highest BCUT2D eigenvalue weighted by molar-refractivity contribution is 8.18. The minimum Gasteiger partial charge on any atom is -0.488 e. The van der Waals surface area contributed by atoms with Gasteiger partial charge in [0.05, 0.1) is 9.93 Å². The number of benzene rings is 1. The molecule has 23 heavy (non-hydrogen) atoms. The Labute approximate surface area is 145 Å². The van der Waals surface area contributed by atoms with Crippen LogP contribution in [0, 0.1) is 0 Å². The van der Waals surface area contributed by atoms with Gasteiger partial charge < -0.3 is 4.74 Å². The lowest BCUT2D eigenvalue weighted by Gasteiger charge is -2.11. The zero-order chi connectivity index (χ0) is 16.8. The number of hydrogen-bond acceptors (Lipinski definition) is 4. The van der Waals surface area contributed by atoms with Crippen LogP contribution in [0.15, 0.2) is 40.8 Å². The fraction of sp³-hybridized carbons (Fsp3) is 0.294. The van der Waals surface area contributed by atoms with E-state index in [4.69, 9.17) is 16.3 Å². The summed E-state index contributed by atoms with van der Waals surface area (Å²) in [5.41, 5.74) is 0.852. The smallest absolute Gasteiger partial charge is 0.266 e. The van der Waals surface area contributed by atoms with Crippen LogP contribution < -0.4 is 4.74 Å². The van der Waals surface area contributed by atoms with Gasteiger partial charge in [-0.15, -0.1) is 0 Å². The van der Waals surface area contributed by atoms with Crippen molar-refractivity contribution in [2.45, 2.75) is 13.8 Å². The first-order valence-corrected chi connectivity index (χ1v) is 8.59. The van der Waals surface area contributed by atoms with Gasteiger partial charge in [-0.3, -0.25) is 14.7 Å². The van der Waals surface area contributed by atoms with Crippen LogP contribution in [-0.2, 0) is 4.79 Å². The lowest BCUT2D eigenvalue weighted by molar-refractivity contribution is -0.122. The molecule has 1 fully saturated rings. The van der Waals surface area contributed by atoms with Gasteiger partial charge >= 0.3 is 0 Å². The molecule has 0 atom stereocenters. The highest BCUT2D eigenvalue weighted by atomic mass is 35.5. The van der Waals surface area contributed by atoms with Gasteiger partial charge in [-0.1, -0.05) is 30.3 Å². The predicted octanol–water partition coefficient (Wildman–Crippen LogP) is 4.22. The molecule has 0 unspecified atom stereocenters. The first-order valence-electron chi connectivity index (χ1n) is 7.39. The van der Waals surface area contributed by atoms with E-state index in [1.165, 1.54) is 11.8 Å². The number of amides is 1. The number of hydrogen-bond donors (Lipinski definition) is 0. The number of carbonyl (C=O) groups excluding carboxylic acids is 1. The number of rotatable bonds is 6. The van der Waals surface area contributed by atoms with Crippen molar-refractivity contribution in [2.75, 3.05) is 19.7 Å². The van der Waals surface area contributed by atoms with E-state index in [9.17, 15) is 4.79 Å². The molecule has 0 spiro atoms. The Morgan fingerprint density at radius 1 is 1.43 bits per heavy atom. The molecule has 1 aliphatic heterocycles. The second kappa shape index (κ2) is 8.22. The molecule has 0 aromatic heterocycles. The Kier molecular flexibility index (Phi) is 6.30. The lowest BCUT2D eigenvalue weighted by atomic mass is 10.2. The van der Waals surface area contributed by atoms with E-state index in [1.54, 1.807) is 23.1 Å². The van der Waals surface area contributed by atoms with Gasteiger partial charge in [-0.25, -0.2) is 0 Å². The van der Waals surface area contributed by atoms with Gasteiger partial charge in [0.25, 0.3) is 5.91 Å². The number of aliphatic imine (C=N–C) groups is 1. The molecule has 0 N–H and O–H groups in total. The molecule has 0 radical (unpaired) electrons. The summed E-state index contributed by atoms with van der Waals surface area (Å²) in [7, 11) is 0. The Balaban J connectivity index is 2.25. The standard InChI is InChI=1S/C17H19ClN2O2S/c1-4-9-22-14-8-7-12(10-13(14)18)11-15-16(21)20(6-3)17(23-15)19-5-2/h4,7-8,10-11H,1,5-6,9H2,2-3H3/b15-11-,19-17?. The van der Waals surface area contributed by atoms with Crippen molar-refractivity contribution in [3.05, 3.63) is 46.3 Å². The van der Waals surface area contributed by atoms with Crippen molar-refractivity contribution in [1.29, 1.82) is 0 Å². The summed E-state index contributed by atoms with van der Waals surface area (Å²) in [5.74, 6) is 0.579. The van der Waals surface area contributed by atoms with Crippen LogP contribution in [0.4, 0.5) is 0 Å². The van der Waals surface area contributed by atoms with Crippen LogP contribution in [-0.4, -0.2) is 35.7 Å². The zero-order valence-electron chi connectivity index (χ0n) is 13.2. The number of nitrogens with zero attached hydrogens (tertiary/aromatic N) is 2. The Morgan fingerprint density at radius 3 is 2.83 bits per heavy atom. The van der Waals surface area contributed by atoms with E-state index >= 15 is 0 Å². The topological polar surface area (TPSA) is 41.9 Å². The molecule has 1 heterocycles. The van der Waals surface area contributed by atoms with Crippen LogP contribution in [0.25, 0.3) is 6.08 Å². The van der Waals surface area contributed by atoms with Crippen LogP contribution in [0.5, 0.6) is 5.75 Å². The monoisotopic (exact) mass is 350 g/mol. The minimum atomic E-state index is -0.0205. The molecular formula is C17H19ClN2O2S. The summed E-state index contributed by atoms with van der Waals surface area (Å²) >= 11 is 7.60. The van der Waals surface area contributed by atoms with E-state index < -0.39 is 0 Å². The van der Waals surface area contributed by atoms with Gasteiger partial charge in [-0.05, 0) is 49.4 Å². The molecule has 1 aromatic rings. The molecular weight excluding hydrogens is 332 g/mol. The van der Waals surface area contributed by atoms with Crippen LogP contribution in [0.2, 0.25) is 5.02 Å². The number of amidine groups is 1. The highest BCUT2D eigenvalue weighted by Crippen LogP contribution is 2.33. The Bertz CT molecular complexity index is 671.